The SMILES string of the molecule is CN1CCC(CCCCC(=O)NN)CC1. The molecular formula is C11H23N3O. The van der Waals surface area contributed by atoms with Crippen molar-refractivity contribution in [2.24, 2.45) is 11.8 Å². The Bertz CT molecular complexity index is 188. The number of amides is 1. The number of nitrogens with zero attached hydrogens (tertiary/aromatic N) is 1. The first kappa shape index (κ1) is 12.5. The van der Waals surface area contributed by atoms with E-state index in [1.54, 1.807) is 0 Å². The van der Waals surface area contributed by atoms with Crippen molar-refractivity contribution in [3.05, 3.63) is 0 Å². The molecular weight excluding hydrogens is 190 g/mol. The van der Waals surface area contributed by atoms with Gasteiger partial charge in [0.05, 0.1) is 0 Å². The lowest BCUT2D eigenvalue weighted by molar-refractivity contribution is -0.121. The van der Waals surface area contributed by atoms with E-state index in [2.05, 4.69) is 17.4 Å². The number of rotatable bonds is 5. The monoisotopic (exact) mass is 213 g/mol. The van der Waals surface area contributed by atoms with Crippen LogP contribution in [-0.2, 0) is 4.79 Å². The van der Waals surface area contributed by atoms with Gasteiger partial charge < -0.3 is 4.90 Å². The molecule has 0 aromatic rings. The van der Waals surface area contributed by atoms with Gasteiger partial charge in [-0.05, 0) is 45.3 Å². The third-order valence-corrected chi connectivity index (χ3v) is 3.27. The Hall–Kier alpha value is -0.610. The van der Waals surface area contributed by atoms with Crippen LogP contribution in [0.25, 0.3) is 0 Å². The lowest BCUT2D eigenvalue weighted by Gasteiger charge is -2.28. The Morgan fingerprint density at radius 3 is 2.67 bits per heavy atom. The van der Waals surface area contributed by atoms with Crippen molar-refractivity contribution in [1.82, 2.24) is 10.3 Å². The average Bonchev–Trinajstić information content (AvgIpc) is 2.26. The van der Waals surface area contributed by atoms with Crippen LogP contribution in [0.5, 0.6) is 0 Å². The Morgan fingerprint density at radius 1 is 1.40 bits per heavy atom. The number of likely N-dealkylation sites (tertiary alicyclic amines) is 1. The van der Waals surface area contributed by atoms with Gasteiger partial charge in [-0.1, -0.05) is 12.8 Å². The molecule has 88 valence electrons. The van der Waals surface area contributed by atoms with Gasteiger partial charge in [-0.25, -0.2) is 5.84 Å². The summed E-state index contributed by atoms with van der Waals surface area (Å²) in [5.74, 6) is 5.84. The molecule has 0 radical (unpaired) electrons. The van der Waals surface area contributed by atoms with Crippen LogP contribution in [0.4, 0.5) is 0 Å². The molecule has 1 rings (SSSR count). The van der Waals surface area contributed by atoms with Crippen molar-refractivity contribution < 1.29 is 4.79 Å². The molecule has 0 unspecified atom stereocenters. The van der Waals surface area contributed by atoms with Crippen LogP contribution in [0, 0.1) is 5.92 Å². The summed E-state index contributed by atoms with van der Waals surface area (Å²) in [5.41, 5.74) is 2.16. The summed E-state index contributed by atoms with van der Waals surface area (Å²) in [6.07, 6.45) is 6.60. The van der Waals surface area contributed by atoms with E-state index in [0.717, 1.165) is 18.8 Å². The van der Waals surface area contributed by atoms with Crippen molar-refractivity contribution >= 4 is 5.91 Å². The number of hydrazine groups is 1. The van der Waals surface area contributed by atoms with Gasteiger partial charge in [0.15, 0.2) is 0 Å². The van der Waals surface area contributed by atoms with Gasteiger partial charge in [-0.15, -0.1) is 0 Å². The maximum absolute atomic E-state index is 10.9. The summed E-state index contributed by atoms with van der Waals surface area (Å²) < 4.78 is 0. The number of hydrogen-bond donors (Lipinski definition) is 2. The molecule has 4 nitrogen and oxygen atoms in total. The predicted octanol–water partition coefficient (Wildman–Crippen LogP) is 0.879. The molecule has 1 amide bonds. The fourth-order valence-electron chi connectivity index (χ4n) is 2.14. The summed E-state index contributed by atoms with van der Waals surface area (Å²) in [5, 5.41) is 0. The smallest absolute Gasteiger partial charge is 0.233 e. The number of unbranched alkanes of at least 4 members (excludes halogenated alkanes) is 1. The summed E-state index contributed by atoms with van der Waals surface area (Å²) in [6, 6.07) is 0. The highest BCUT2D eigenvalue weighted by atomic mass is 16.2. The highest BCUT2D eigenvalue weighted by Gasteiger charge is 2.15. The second-order valence-electron chi connectivity index (χ2n) is 4.56. The average molecular weight is 213 g/mol. The predicted molar refractivity (Wildman–Crippen MR) is 61.0 cm³/mol. The van der Waals surface area contributed by atoms with Crippen molar-refractivity contribution in [2.45, 2.75) is 38.5 Å². The number of carbonyl (C=O) groups is 1. The number of carbonyl (C=O) groups excluding carboxylic acids is 1. The van der Waals surface area contributed by atoms with Gasteiger partial charge >= 0.3 is 0 Å². The Morgan fingerprint density at radius 2 is 2.07 bits per heavy atom. The van der Waals surface area contributed by atoms with Crippen LogP contribution in [0.3, 0.4) is 0 Å². The summed E-state index contributed by atoms with van der Waals surface area (Å²) >= 11 is 0. The third kappa shape index (κ3) is 5.14. The molecule has 0 aromatic heterocycles. The van der Waals surface area contributed by atoms with E-state index in [1.165, 1.54) is 32.4 Å². The van der Waals surface area contributed by atoms with Crippen LogP contribution >= 0.6 is 0 Å². The van der Waals surface area contributed by atoms with Crippen molar-refractivity contribution in [1.29, 1.82) is 0 Å². The second kappa shape index (κ2) is 6.80. The molecule has 1 saturated heterocycles. The van der Waals surface area contributed by atoms with E-state index >= 15 is 0 Å². The van der Waals surface area contributed by atoms with Gasteiger partial charge in [-0.2, -0.15) is 0 Å². The van der Waals surface area contributed by atoms with E-state index in [4.69, 9.17) is 5.84 Å². The standard InChI is InChI=1S/C11H23N3O/c1-14-8-6-10(7-9-14)4-2-3-5-11(15)13-12/h10H,2-9,12H2,1H3,(H,13,15). The maximum atomic E-state index is 10.9. The zero-order valence-corrected chi connectivity index (χ0v) is 9.67. The second-order valence-corrected chi connectivity index (χ2v) is 4.56. The number of piperidine rings is 1. The molecule has 1 fully saturated rings. The molecule has 0 bridgehead atoms. The lowest BCUT2D eigenvalue weighted by Crippen LogP contribution is -2.30. The van der Waals surface area contributed by atoms with E-state index in [-0.39, 0.29) is 5.91 Å². The minimum absolute atomic E-state index is 0.0432. The minimum Gasteiger partial charge on any atom is -0.306 e. The maximum Gasteiger partial charge on any atom is 0.233 e. The van der Waals surface area contributed by atoms with Gasteiger partial charge in [0.2, 0.25) is 5.91 Å². The van der Waals surface area contributed by atoms with Gasteiger partial charge in [0.25, 0.3) is 0 Å². The zero-order valence-electron chi connectivity index (χ0n) is 9.67. The van der Waals surface area contributed by atoms with Crippen molar-refractivity contribution in [3.63, 3.8) is 0 Å². The van der Waals surface area contributed by atoms with Crippen LogP contribution in [0.15, 0.2) is 0 Å². The van der Waals surface area contributed by atoms with E-state index < -0.39 is 0 Å². The van der Waals surface area contributed by atoms with Crippen molar-refractivity contribution in [3.8, 4) is 0 Å². The van der Waals surface area contributed by atoms with Crippen molar-refractivity contribution in [2.75, 3.05) is 20.1 Å². The Kier molecular flexibility index (Phi) is 5.65. The summed E-state index contributed by atoms with van der Waals surface area (Å²) in [7, 11) is 2.18. The van der Waals surface area contributed by atoms with Crippen LogP contribution in [-0.4, -0.2) is 30.9 Å². The molecule has 0 atom stereocenters. The van der Waals surface area contributed by atoms with Gasteiger partial charge in [-0.3, -0.25) is 10.2 Å². The molecule has 1 aliphatic heterocycles. The highest BCUT2D eigenvalue weighted by molar-refractivity contribution is 5.74. The first-order valence-corrected chi connectivity index (χ1v) is 5.90. The van der Waals surface area contributed by atoms with E-state index in [9.17, 15) is 4.79 Å². The van der Waals surface area contributed by atoms with Crippen LogP contribution < -0.4 is 11.3 Å². The fourth-order valence-corrected chi connectivity index (χ4v) is 2.14. The van der Waals surface area contributed by atoms with E-state index in [0.29, 0.717) is 6.42 Å². The van der Waals surface area contributed by atoms with E-state index in [1.807, 2.05) is 0 Å². The Labute approximate surface area is 92.2 Å². The zero-order chi connectivity index (χ0) is 11.1. The van der Waals surface area contributed by atoms with Crippen LogP contribution in [0.2, 0.25) is 0 Å². The lowest BCUT2D eigenvalue weighted by atomic mass is 9.91. The number of nitrogens with one attached hydrogen (secondary N) is 1. The number of hydrogen-bond acceptors (Lipinski definition) is 3. The quantitative estimate of drug-likeness (QED) is 0.308. The molecule has 3 N–H and O–H groups in total. The molecule has 15 heavy (non-hydrogen) atoms. The topological polar surface area (TPSA) is 58.4 Å². The summed E-state index contributed by atoms with van der Waals surface area (Å²) in [6.45, 7) is 2.46. The first-order chi connectivity index (χ1) is 7.22. The highest BCUT2D eigenvalue weighted by Crippen LogP contribution is 2.21. The molecule has 0 aromatic carbocycles. The number of nitrogens with two attached hydrogens (primary N) is 1. The molecule has 0 saturated carbocycles. The summed E-state index contributed by atoms with van der Waals surface area (Å²) in [4.78, 5) is 13.3. The molecule has 4 heteroatoms. The molecule has 1 aliphatic rings. The fraction of sp³-hybridized carbons (Fsp3) is 0.909. The minimum atomic E-state index is -0.0432. The third-order valence-electron chi connectivity index (χ3n) is 3.27. The molecule has 0 aliphatic carbocycles. The first-order valence-electron chi connectivity index (χ1n) is 5.90. The van der Waals surface area contributed by atoms with Gasteiger partial charge in [0.1, 0.15) is 0 Å². The van der Waals surface area contributed by atoms with Crippen LogP contribution in [0.1, 0.15) is 38.5 Å². The Balaban J connectivity index is 1.98. The molecule has 1 heterocycles. The molecule has 0 spiro atoms. The largest absolute Gasteiger partial charge is 0.306 e. The normalized spacial score (nSPS) is 19.1. The van der Waals surface area contributed by atoms with Gasteiger partial charge in [0, 0.05) is 6.42 Å².